The molecule has 7 N–H and O–H groups in total. The van der Waals surface area contributed by atoms with Crippen molar-refractivity contribution in [3.63, 3.8) is 0 Å². The van der Waals surface area contributed by atoms with Crippen molar-refractivity contribution in [2.75, 3.05) is 24.7 Å². The molecule has 11 nitrogen and oxygen atoms in total. The van der Waals surface area contributed by atoms with Crippen molar-refractivity contribution in [2.24, 2.45) is 0 Å². The highest BCUT2D eigenvalue weighted by atomic mass is 16.6. The van der Waals surface area contributed by atoms with E-state index >= 15 is 0 Å². The quantitative estimate of drug-likeness (QED) is 0.329. The van der Waals surface area contributed by atoms with Gasteiger partial charge >= 0.3 is 6.01 Å². The first-order chi connectivity index (χ1) is 14.0. The lowest BCUT2D eigenvalue weighted by molar-refractivity contribution is -0.0511. The lowest BCUT2D eigenvalue weighted by Crippen LogP contribution is -2.33. The summed E-state index contributed by atoms with van der Waals surface area (Å²) in [5, 5.41) is 29.5. The van der Waals surface area contributed by atoms with Crippen LogP contribution >= 0.6 is 0 Å². The Labute approximate surface area is 165 Å². The summed E-state index contributed by atoms with van der Waals surface area (Å²) in [5.74, 6) is 0.114. The van der Waals surface area contributed by atoms with Crippen molar-refractivity contribution in [2.45, 2.75) is 31.0 Å². The van der Waals surface area contributed by atoms with Crippen molar-refractivity contribution in [1.29, 1.82) is 0 Å². The van der Waals surface area contributed by atoms with Gasteiger partial charge in [0.15, 0.2) is 23.2 Å². The summed E-state index contributed by atoms with van der Waals surface area (Å²) in [6.07, 6.45) is -2.40. The number of benzene rings is 1. The third kappa shape index (κ3) is 3.68. The van der Waals surface area contributed by atoms with E-state index in [2.05, 4.69) is 15.0 Å². The first-order valence-electron chi connectivity index (χ1n) is 9.07. The van der Waals surface area contributed by atoms with Gasteiger partial charge in [0.2, 0.25) is 0 Å². The Bertz CT molecular complexity index is 994. The molecule has 154 valence electrons. The fourth-order valence-electron chi connectivity index (χ4n) is 3.22. The molecule has 3 aromatic rings. The molecule has 1 aliphatic heterocycles. The van der Waals surface area contributed by atoms with Gasteiger partial charge in [-0.3, -0.25) is 4.57 Å². The molecular weight excluding hydrogens is 380 g/mol. The molecule has 4 atom stereocenters. The van der Waals surface area contributed by atoms with Crippen LogP contribution in [0.1, 0.15) is 11.8 Å². The van der Waals surface area contributed by atoms with Crippen LogP contribution in [-0.4, -0.2) is 66.4 Å². The largest absolute Gasteiger partial charge is 0.463 e. The number of nitrogens with zero attached hydrogens (tertiary/aromatic N) is 4. The van der Waals surface area contributed by atoms with Crippen LogP contribution in [0.25, 0.3) is 11.2 Å². The fourth-order valence-corrected chi connectivity index (χ4v) is 3.22. The Morgan fingerprint density at radius 2 is 1.86 bits per heavy atom. The van der Waals surface area contributed by atoms with E-state index in [1.54, 1.807) is 0 Å². The number of imidazole rings is 1. The van der Waals surface area contributed by atoms with E-state index in [9.17, 15) is 15.3 Å². The molecule has 0 amide bonds. The van der Waals surface area contributed by atoms with Gasteiger partial charge in [-0.1, -0.05) is 12.1 Å². The smallest absolute Gasteiger partial charge is 0.320 e. The molecule has 3 heterocycles. The maximum atomic E-state index is 10.3. The molecule has 29 heavy (non-hydrogen) atoms. The zero-order chi connectivity index (χ0) is 20.5. The molecule has 1 aliphatic rings. The van der Waals surface area contributed by atoms with E-state index in [4.69, 9.17) is 20.9 Å². The van der Waals surface area contributed by atoms with E-state index in [0.29, 0.717) is 24.2 Å². The van der Waals surface area contributed by atoms with E-state index in [1.807, 2.05) is 24.3 Å². The number of fused-ring (bicyclic) bond motifs is 1. The minimum absolute atomic E-state index is 0.0546. The topological polar surface area (TPSA) is 175 Å². The summed E-state index contributed by atoms with van der Waals surface area (Å²) in [5.41, 5.74) is 14.0. The maximum absolute atomic E-state index is 10.3. The standard InChI is InChI=1S/C18H22N6O5/c19-10-3-1-9(2-4-10)5-6-28-18-22-15(20)12-16(23-18)24(8-21-12)17-14(27)13(26)11(7-25)29-17/h1-4,8,11,13-14,17,25-27H,5-7,19H2,(H2,20,22,23)/t11-,13-,14-,17-/m1/s1. The Hall–Kier alpha value is -2.99. The summed E-state index contributed by atoms with van der Waals surface area (Å²) in [7, 11) is 0. The lowest BCUT2D eigenvalue weighted by atomic mass is 10.1. The number of anilines is 2. The number of hydrogen-bond donors (Lipinski definition) is 5. The van der Waals surface area contributed by atoms with Crippen LogP contribution in [0, 0.1) is 0 Å². The van der Waals surface area contributed by atoms with Crippen LogP contribution in [0.2, 0.25) is 0 Å². The molecule has 1 saturated heterocycles. The molecule has 11 heteroatoms. The fraction of sp³-hybridized carbons (Fsp3) is 0.389. The van der Waals surface area contributed by atoms with Gasteiger partial charge in [-0.05, 0) is 17.7 Å². The number of aromatic nitrogens is 4. The monoisotopic (exact) mass is 402 g/mol. The number of ether oxygens (including phenoxy) is 2. The van der Waals surface area contributed by atoms with Gasteiger partial charge in [-0.25, -0.2) is 4.98 Å². The molecule has 0 bridgehead atoms. The van der Waals surface area contributed by atoms with Crippen LogP contribution < -0.4 is 16.2 Å². The Balaban J connectivity index is 1.54. The minimum Gasteiger partial charge on any atom is -0.463 e. The van der Waals surface area contributed by atoms with Gasteiger partial charge in [0.25, 0.3) is 0 Å². The summed E-state index contributed by atoms with van der Waals surface area (Å²) < 4.78 is 12.6. The molecule has 4 rings (SSSR count). The zero-order valence-corrected chi connectivity index (χ0v) is 15.4. The number of hydrogen-bond acceptors (Lipinski definition) is 10. The van der Waals surface area contributed by atoms with E-state index < -0.39 is 31.1 Å². The van der Waals surface area contributed by atoms with Gasteiger partial charge in [-0.2, -0.15) is 9.97 Å². The molecule has 0 unspecified atom stereocenters. The molecule has 0 radical (unpaired) electrons. The number of aliphatic hydroxyl groups excluding tert-OH is 3. The van der Waals surface area contributed by atoms with Crippen molar-refractivity contribution in [3.8, 4) is 6.01 Å². The number of aliphatic hydroxyl groups is 3. The van der Waals surface area contributed by atoms with Gasteiger partial charge in [0, 0.05) is 12.1 Å². The number of nitrogens with two attached hydrogens (primary N) is 2. The average molecular weight is 402 g/mol. The molecular formula is C18H22N6O5. The molecule has 2 aromatic heterocycles. The molecule has 1 aromatic carbocycles. The highest BCUT2D eigenvalue weighted by molar-refractivity contribution is 5.82. The summed E-state index contributed by atoms with van der Waals surface area (Å²) in [4.78, 5) is 12.6. The van der Waals surface area contributed by atoms with Crippen molar-refractivity contribution < 1.29 is 24.8 Å². The Morgan fingerprint density at radius 3 is 2.55 bits per heavy atom. The van der Waals surface area contributed by atoms with Crippen molar-refractivity contribution >= 4 is 22.7 Å². The first kappa shape index (κ1) is 19.3. The van der Waals surface area contributed by atoms with Gasteiger partial charge in [0.1, 0.15) is 18.3 Å². The van der Waals surface area contributed by atoms with Gasteiger partial charge < -0.3 is 36.3 Å². The average Bonchev–Trinajstić information content (AvgIpc) is 3.25. The lowest BCUT2D eigenvalue weighted by Gasteiger charge is -2.16. The third-order valence-corrected chi connectivity index (χ3v) is 4.82. The predicted molar refractivity (Wildman–Crippen MR) is 103 cm³/mol. The zero-order valence-electron chi connectivity index (χ0n) is 15.4. The van der Waals surface area contributed by atoms with E-state index in [-0.39, 0.29) is 17.5 Å². The summed E-state index contributed by atoms with van der Waals surface area (Å²) >= 11 is 0. The second kappa shape index (κ2) is 7.79. The normalized spacial score (nSPS) is 24.2. The summed E-state index contributed by atoms with van der Waals surface area (Å²) in [6.45, 7) is -0.116. The van der Waals surface area contributed by atoms with Crippen molar-refractivity contribution in [3.05, 3.63) is 36.2 Å². The van der Waals surface area contributed by atoms with Crippen molar-refractivity contribution in [1.82, 2.24) is 19.5 Å². The summed E-state index contributed by atoms with van der Waals surface area (Å²) in [6, 6.07) is 7.51. The predicted octanol–water partition coefficient (Wildman–Crippen LogP) is -0.776. The van der Waals surface area contributed by atoms with Gasteiger partial charge in [-0.15, -0.1) is 0 Å². The molecule has 0 spiro atoms. The van der Waals surface area contributed by atoms with E-state index in [0.717, 1.165) is 5.56 Å². The Morgan fingerprint density at radius 1 is 1.10 bits per heavy atom. The highest BCUT2D eigenvalue weighted by Gasteiger charge is 2.44. The molecule has 0 saturated carbocycles. The third-order valence-electron chi connectivity index (χ3n) is 4.82. The number of rotatable bonds is 6. The van der Waals surface area contributed by atoms with Crippen LogP contribution in [0.3, 0.4) is 0 Å². The van der Waals surface area contributed by atoms with Crippen LogP contribution in [0.5, 0.6) is 6.01 Å². The maximum Gasteiger partial charge on any atom is 0.320 e. The van der Waals surface area contributed by atoms with Crippen LogP contribution in [0.4, 0.5) is 11.5 Å². The van der Waals surface area contributed by atoms with Gasteiger partial charge in [0.05, 0.1) is 19.5 Å². The molecule has 1 fully saturated rings. The highest BCUT2D eigenvalue weighted by Crippen LogP contribution is 2.32. The van der Waals surface area contributed by atoms with Crippen LogP contribution in [0.15, 0.2) is 30.6 Å². The number of nitrogen functional groups attached to an aromatic ring is 2. The Kier molecular flexibility index (Phi) is 5.20. The SMILES string of the molecule is Nc1ccc(CCOc2nc(N)c3ncn([C@@H]4O[C@H](CO)[C@@H](O)[C@H]4O)c3n2)cc1. The minimum atomic E-state index is -1.27. The van der Waals surface area contributed by atoms with Crippen LogP contribution in [-0.2, 0) is 11.2 Å². The second-order valence-electron chi connectivity index (χ2n) is 6.78. The second-order valence-corrected chi connectivity index (χ2v) is 6.78. The molecule has 0 aliphatic carbocycles. The first-order valence-corrected chi connectivity index (χ1v) is 9.07. The van der Waals surface area contributed by atoms with E-state index in [1.165, 1.54) is 10.9 Å².